The molecule has 2 nitrogen and oxygen atoms in total. The third-order valence-corrected chi connectivity index (χ3v) is 6.19. The quantitative estimate of drug-likeness (QED) is 0.429. The number of hydrogen-bond acceptors (Lipinski definition) is 2. The molecule has 0 N–H and O–H groups in total. The van der Waals surface area contributed by atoms with Crippen LogP contribution in [-0.2, 0) is 10.8 Å². The van der Waals surface area contributed by atoms with Crippen molar-refractivity contribution in [2.45, 2.75) is 37.5 Å². The first kappa shape index (κ1) is 16.1. The van der Waals surface area contributed by atoms with E-state index in [0.717, 1.165) is 26.7 Å². The first-order chi connectivity index (χ1) is 12.0. The van der Waals surface area contributed by atoms with Crippen LogP contribution in [0.15, 0.2) is 64.4 Å². The van der Waals surface area contributed by atoms with Crippen LogP contribution in [0.3, 0.4) is 0 Å². The molecule has 1 aliphatic rings. The lowest BCUT2D eigenvalue weighted by Gasteiger charge is -2.35. The molecule has 0 saturated carbocycles. The molecule has 0 bridgehead atoms. The van der Waals surface area contributed by atoms with E-state index in [9.17, 15) is 4.21 Å². The maximum absolute atomic E-state index is 13.1. The predicted molar refractivity (Wildman–Crippen MR) is 105 cm³/mol. The van der Waals surface area contributed by atoms with Gasteiger partial charge >= 0.3 is 0 Å². The summed E-state index contributed by atoms with van der Waals surface area (Å²) in [6.45, 7) is 8.47. The van der Waals surface area contributed by atoms with Gasteiger partial charge in [0.05, 0.1) is 37.7 Å². The number of rotatable bonds is 1. The summed E-state index contributed by atoms with van der Waals surface area (Å²) >= 11 is 0. The highest BCUT2D eigenvalue weighted by atomic mass is 32.2. The first-order valence-corrected chi connectivity index (χ1v) is 9.62. The second-order valence-corrected chi connectivity index (χ2v) is 8.21. The van der Waals surface area contributed by atoms with Gasteiger partial charge in [0.1, 0.15) is 0 Å². The number of benzene rings is 3. The molecule has 0 amide bonds. The van der Waals surface area contributed by atoms with E-state index in [1.807, 2.05) is 31.2 Å². The molecule has 3 aromatic carbocycles. The molecule has 0 saturated heterocycles. The Morgan fingerprint density at radius 2 is 1.36 bits per heavy atom. The molecule has 3 aromatic rings. The molecule has 4 rings (SSSR count). The zero-order chi connectivity index (χ0) is 17.7. The highest BCUT2D eigenvalue weighted by molar-refractivity contribution is 7.85. The second kappa shape index (κ2) is 5.85. The number of nitrogens with zero attached hydrogens (tertiary/aromatic N) is 1. The van der Waals surface area contributed by atoms with Gasteiger partial charge in [0.15, 0.2) is 0 Å². The van der Waals surface area contributed by atoms with Crippen LogP contribution in [0.5, 0.6) is 0 Å². The molecule has 3 heteroatoms. The molecule has 25 heavy (non-hydrogen) atoms. The Morgan fingerprint density at radius 1 is 0.720 bits per heavy atom. The van der Waals surface area contributed by atoms with Crippen molar-refractivity contribution < 1.29 is 4.21 Å². The third kappa shape index (κ3) is 2.50. The minimum Gasteiger partial charge on any atom is -0.307 e. The van der Waals surface area contributed by atoms with Gasteiger partial charge in [-0.2, -0.15) is 0 Å². The van der Waals surface area contributed by atoms with Crippen LogP contribution in [0.25, 0.3) is 0 Å². The van der Waals surface area contributed by atoms with Crippen molar-refractivity contribution in [2.24, 2.45) is 0 Å². The maximum Gasteiger partial charge on any atom is 0.0892 e. The number of para-hydroxylation sites is 1. The Hall–Kier alpha value is -2.39. The lowest BCUT2D eigenvalue weighted by molar-refractivity contribution is 0.682. The van der Waals surface area contributed by atoms with E-state index in [0.29, 0.717) is 0 Å². The highest BCUT2D eigenvalue weighted by Gasteiger charge is 2.30. The van der Waals surface area contributed by atoms with E-state index >= 15 is 0 Å². The standard InChI is InChI=1S/C22H21NOS/c1-14-9-10-19-21(13-14)25(24)20-8-6-5-7-18(20)23(19)22-16(3)11-15(2)12-17(22)4/h5-13H,1-4H3. The zero-order valence-corrected chi connectivity index (χ0v) is 15.8. The van der Waals surface area contributed by atoms with Crippen molar-refractivity contribution >= 4 is 27.9 Å². The zero-order valence-electron chi connectivity index (χ0n) is 15.0. The van der Waals surface area contributed by atoms with Gasteiger partial charge in [-0.05, 0) is 68.7 Å². The van der Waals surface area contributed by atoms with Crippen LogP contribution >= 0.6 is 0 Å². The number of hydrogen-bond donors (Lipinski definition) is 0. The molecule has 1 atom stereocenters. The van der Waals surface area contributed by atoms with Gasteiger partial charge in [0, 0.05) is 0 Å². The highest BCUT2D eigenvalue weighted by Crippen LogP contribution is 2.48. The van der Waals surface area contributed by atoms with Gasteiger partial charge in [0.25, 0.3) is 0 Å². The van der Waals surface area contributed by atoms with Crippen molar-refractivity contribution in [1.82, 2.24) is 0 Å². The largest absolute Gasteiger partial charge is 0.307 e. The SMILES string of the molecule is Cc1cc(C)c(N2c3ccccc3S(=O)c3cc(C)ccc32)c(C)c1. The molecule has 126 valence electrons. The van der Waals surface area contributed by atoms with Crippen LogP contribution in [-0.4, -0.2) is 4.21 Å². The van der Waals surface area contributed by atoms with Gasteiger partial charge in [-0.3, -0.25) is 0 Å². The molecule has 0 radical (unpaired) electrons. The summed E-state index contributed by atoms with van der Waals surface area (Å²) in [6.07, 6.45) is 0. The Morgan fingerprint density at radius 3 is 2.08 bits per heavy atom. The fraction of sp³-hybridized carbons (Fsp3) is 0.182. The Bertz CT molecular complexity index is 999. The molecule has 0 spiro atoms. The summed E-state index contributed by atoms with van der Waals surface area (Å²) in [7, 11) is -1.15. The van der Waals surface area contributed by atoms with E-state index in [1.54, 1.807) is 0 Å². The lowest BCUT2D eigenvalue weighted by atomic mass is 10.0. The molecule has 0 aromatic heterocycles. The van der Waals surface area contributed by atoms with E-state index in [-0.39, 0.29) is 0 Å². The summed E-state index contributed by atoms with van der Waals surface area (Å²) in [6, 6.07) is 18.7. The number of fused-ring (bicyclic) bond motifs is 2. The average Bonchev–Trinajstić information content (AvgIpc) is 2.57. The fourth-order valence-electron chi connectivity index (χ4n) is 3.77. The van der Waals surface area contributed by atoms with E-state index in [2.05, 4.69) is 56.0 Å². The molecule has 1 aliphatic heterocycles. The Kier molecular flexibility index (Phi) is 3.77. The molecule has 1 unspecified atom stereocenters. The van der Waals surface area contributed by atoms with Crippen LogP contribution in [0.1, 0.15) is 22.3 Å². The first-order valence-electron chi connectivity index (χ1n) is 8.47. The average molecular weight is 347 g/mol. The van der Waals surface area contributed by atoms with Gasteiger partial charge in [-0.25, -0.2) is 4.21 Å². The maximum atomic E-state index is 13.1. The van der Waals surface area contributed by atoms with Crippen LogP contribution < -0.4 is 4.90 Å². The van der Waals surface area contributed by atoms with Crippen molar-refractivity contribution in [3.8, 4) is 0 Å². The predicted octanol–water partition coefficient (Wildman–Crippen LogP) is 5.87. The van der Waals surface area contributed by atoms with Crippen molar-refractivity contribution in [3.05, 3.63) is 76.9 Å². The van der Waals surface area contributed by atoms with E-state index in [1.165, 1.54) is 22.4 Å². The molecular weight excluding hydrogens is 326 g/mol. The topological polar surface area (TPSA) is 20.3 Å². The minimum absolute atomic E-state index is 0.875. The van der Waals surface area contributed by atoms with Gasteiger partial charge < -0.3 is 4.90 Å². The Labute approximate surface area is 151 Å². The second-order valence-electron chi connectivity index (χ2n) is 6.79. The monoisotopic (exact) mass is 347 g/mol. The van der Waals surface area contributed by atoms with Crippen molar-refractivity contribution in [3.63, 3.8) is 0 Å². The molecule has 0 fully saturated rings. The van der Waals surface area contributed by atoms with Crippen molar-refractivity contribution in [1.29, 1.82) is 0 Å². The summed E-state index contributed by atoms with van der Waals surface area (Å²) < 4.78 is 13.1. The van der Waals surface area contributed by atoms with Crippen LogP contribution in [0, 0.1) is 27.7 Å². The van der Waals surface area contributed by atoms with Crippen molar-refractivity contribution in [2.75, 3.05) is 4.90 Å². The fourth-order valence-corrected chi connectivity index (χ4v) is 5.20. The summed E-state index contributed by atoms with van der Waals surface area (Å²) in [5, 5.41) is 0. The Balaban J connectivity index is 2.07. The normalized spacial score (nSPS) is 15.7. The van der Waals surface area contributed by atoms with Crippen LogP contribution in [0.2, 0.25) is 0 Å². The molecule has 1 heterocycles. The van der Waals surface area contributed by atoms with E-state index < -0.39 is 10.8 Å². The molecular formula is C22H21NOS. The van der Waals surface area contributed by atoms with Gasteiger partial charge in [0.2, 0.25) is 0 Å². The lowest BCUT2D eigenvalue weighted by Crippen LogP contribution is -2.21. The van der Waals surface area contributed by atoms with E-state index in [4.69, 9.17) is 0 Å². The summed E-state index contributed by atoms with van der Waals surface area (Å²) in [4.78, 5) is 4.04. The number of anilines is 3. The van der Waals surface area contributed by atoms with Gasteiger partial charge in [-0.15, -0.1) is 0 Å². The summed E-state index contributed by atoms with van der Waals surface area (Å²) in [5.74, 6) is 0. The summed E-state index contributed by atoms with van der Waals surface area (Å²) in [5.41, 5.74) is 8.04. The minimum atomic E-state index is -1.15. The van der Waals surface area contributed by atoms with Crippen LogP contribution in [0.4, 0.5) is 17.1 Å². The third-order valence-electron chi connectivity index (χ3n) is 4.72. The molecule has 0 aliphatic carbocycles. The van der Waals surface area contributed by atoms with Gasteiger partial charge in [-0.1, -0.05) is 35.9 Å². The smallest absolute Gasteiger partial charge is 0.0892 e. The number of aryl methyl sites for hydroxylation is 4.